The minimum atomic E-state index is -0.506. The van der Waals surface area contributed by atoms with Crippen LogP contribution >= 0.6 is 34.2 Å². The van der Waals surface area contributed by atoms with Gasteiger partial charge in [0.05, 0.1) is 21.3 Å². The molecule has 0 saturated carbocycles. The van der Waals surface area contributed by atoms with E-state index in [-0.39, 0.29) is 5.69 Å². The van der Waals surface area contributed by atoms with Crippen LogP contribution in [0.25, 0.3) is 0 Å². The lowest BCUT2D eigenvalue weighted by molar-refractivity contribution is -0.385. The smallest absolute Gasteiger partial charge is 0.287 e. The summed E-state index contributed by atoms with van der Waals surface area (Å²) in [7, 11) is 0. The molecule has 0 aliphatic rings. The van der Waals surface area contributed by atoms with E-state index in [1.807, 2.05) is 43.3 Å². The number of ether oxygens (including phenoxy) is 2. The number of anilines is 1. The first-order valence-corrected chi connectivity index (χ1v) is 10.6. The molecule has 0 bridgehead atoms. The summed E-state index contributed by atoms with van der Waals surface area (Å²) in [4.78, 5) is 14.1. The fraction of sp³-hybridized carbons (Fsp3) is 0.143. The maximum absolute atomic E-state index is 10.7. The summed E-state index contributed by atoms with van der Waals surface area (Å²) >= 11 is 8.12. The molecule has 10 heteroatoms. The lowest BCUT2D eigenvalue weighted by Gasteiger charge is -2.15. The fourth-order valence-corrected chi connectivity index (χ4v) is 3.44. The van der Waals surface area contributed by atoms with Crippen LogP contribution in [0.3, 0.4) is 0 Å². The van der Waals surface area contributed by atoms with Crippen LogP contribution in [-0.4, -0.2) is 22.7 Å². The lowest BCUT2D eigenvalue weighted by Crippen LogP contribution is -2.03. The van der Waals surface area contributed by atoms with Gasteiger partial charge < -0.3 is 9.47 Å². The number of hydrazone groups is 1. The third-order valence-electron chi connectivity index (χ3n) is 3.98. The van der Waals surface area contributed by atoms with Crippen molar-refractivity contribution in [1.82, 2.24) is 4.98 Å². The maximum atomic E-state index is 10.7. The number of aromatic nitrogens is 1. The minimum absolute atomic E-state index is 0.0837. The van der Waals surface area contributed by atoms with Gasteiger partial charge in [0.15, 0.2) is 11.5 Å². The van der Waals surface area contributed by atoms with Crippen LogP contribution in [0.1, 0.15) is 18.1 Å². The van der Waals surface area contributed by atoms with Gasteiger partial charge in [-0.05, 0) is 71.0 Å². The quantitative estimate of drug-likeness (QED) is 0.159. The van der Waals surface area contributed by atoms with Crippen molar-refractivity contribution in [3.63, 3.8) is 0 Å². The molecule has 1 aromatic heterocycles. The topological polar surface area (TPSA) is 98.9 Å². The highest BCUT2D eigenvalue weighted by atomic mass is 127. The van der Waals surface area contributed by atoms with Gasteiger partial charge in [-0.1, -0.05) is 23.7 Å². The number of nitrogens with zero attached hydrogens (tertiary/aromatic N) is 3. The highest BCUT2D eigenvalue weighted by Gasteiger charge is 2.12. The molecule has 3 aromatic rings. The molecule has 0 aliphatic heterocycles. The van der Waals surface area contributed by atoms with Gasteiger partial charge in [0.1, 0.15) is 18.6 Å². The summed E-state index contributed by atoms with van der Waals surface area (Å²) in [6.45, 7) is 2.77. The zero-order valence-corrected chi connectivity index (χ0v) is 19.3. The van der Waals surface area contributed by atoms with Crippen LogP contribution in [0.5, 0.6) is 11.5 Å². The molecule has 3 rings (SSSR count). The van der Waals surface area contributed by atoms with Gasteiger partial charge in [0.2, 0.25) is 0 Å². The molecule has 160 valence electrons. The van der Waals surface area contributed by atoms with Crippen molar-refractivity contribution in [3.05, 3.63) is 84.6 Å². The van der Waals surface area contributed by atoms with Crippen molar-refractivity contribution < 1.29 is 14.4 Å². The molecule has 0 saturated heterocycles. The van der Waals surface area contributed by atoms with E-state index in [1.165, 1.54) is 18.3 Å². The third-order valence-corrected chi connectivity index (χ3v) is 5.03. The van der Waals surface area contributed by atoms with Gasteiger partial charge in [-0.2, -0.15) is 5.10 Å². The Morgan fingerprint density at radius 3 is 2.65 bits per heavy atom. The van der Waals surface area contributed by atoms with Crippen LogP contribution in [0.4, 0.5) is 11.5 Å². The molecular weight excluding hydrogens is 535 g/mol. The normalized spacial score (nSPS) is 10.8. The highest BCUT2D eigenvalue weighted by Crippen LogP contribution is 2.34. The van der Waals surface area contributed by atoms with Gasteiger partial charge in [-0.15, -0.1) is 0 Å². The molecule has 1 N–H and O–H groups in total. The molecule has 0 spiro atoms. The number of nitrogens with one attached hydrogen (secondary N) is 1. The summed E-state index contributed by atoms with van der Waals surface area (Å²) < 4.78 is 12.6. The molecule has 0 radical (unpaired) electrons. The van der Waals surface area contributed by atoms with Gasteiger partial charge >= 0.3 is 0 Å². The van der Waals surface area contributed by atoms with Crippen LogP contribution < -0.4 is 14.9 Å². The van der Waals surface area contributed by atoms with Crippen molar-refractivity contribution in [2.75, 3.05) is 12.0 Å². The Morgan fingerprint density at radius 2 is 2.00 bits per heavy atom. The van der Waals surface area contributed by atoms with Crippen LogP contribution in [0.15, 0.2) is 59.8 Å². The average molecular weight is 553 g/mol. The fourth-order valence-electron chi connectivity index (χ4n) is 2.53. The number of nitro groups is 1. The van der Waals surface area contributed by atoms with Crippen molar-refractivity contribution >= 4 is 51.9 Å². The molecule has 0 atom stereocenters. The SMILES string of the molecule is CCOc1cc(/C=N/Nc2ccc([N+](=O)[O-])cn2)cc(I)c1OCc1ccc(Cl)cc1. The molecule has 0 aliphatic carbocycles. The second-order valence-corrected chi connectivity index (χ2v) is 7.81. The number of rotatable bonds is 9. The monoisotopic (exact) mass is 552 g/mol. The van der Waals surface area contributed by atoms with Crippen LogP contribution in [0, 0.1) is 13.7 Å². The van der Waals surface area contributed by atoms with E-state index in [9.17, 15) is 10.1 Å². The first kappa shape index (κ1) is 22.8. The van der Waals surface area contributed by atoms with E-state index >= 15 is 0 Å². The Kier molecular flexibility index (Phi) is 8.01. The van der Waals surface area contributed by atoms with E-state index in [0.717, 1.165) is 14.7 Å². The molecule has 8 nitrogen and oxygen atoms in total. The average Bonchev–Trinajstić information content (AvgIpc) is 2.75. The van der Waals surface area contributed by atoms with E-state index in [2.05, 4.69) is 38.1 Å². The molecular formula is C21H18ClIN4O4. The summed E-state index contributed by atoms with van der Waals surface area (Å²) in [5.41, 5.74) is 4.45. The van der Waals surface area contributed by atoms with E-state index < -0.39 is 4.92 Å². The predicted octanol–water partition coefficient (Wildman–Crippen LogP) is 5.67. The molecule has 0 fully saturated rings. The lowest BCUT2D eigenvalue weighted by atomic mass is 10.2. The summed E-state index contributed by atoms with van der Waals surface area (Å²) in [5, 5.41) is 15.5. The van der Waals surface area contributed by atoms with Crippen molar-refractivity contribution in [3.8, 4) is 11.5 Å². The molecule has 1 heterocycles. The number of pyridine rings is 1. The van der Waals surface area contributed by atoms with E-state index in [4.69, 9.17) is 21.1 Å². The molecule has 0 amide bonds. The van der Waals surface area contributed by atoms with Gasteiger partial charge in [0.25, 0.3) is 5.69 Å². The first-order chi connectivity index (χ1) is 15.0. The zero-order chi connectivity index (χ0) is 22.2. The Balaban J connectivity index is 1.71. The van der Waals surface area contributed by atoms with Gasteiger partial charge in [-0.3, -0.25) is 15.5 Å². The van der Waals surface area contributed by atoms with Gasteiger partial charge in [0, 0.05) is 11.1 Å². The number of hydrogen-bond acceptors (Lipinski definition) is 7. The van der Waals surface area contributed by atoms with E-state index in [0.29, 0.717) is 35.6 Å². The maximum Gasteiger partial charge on any atom is 0.287 e. The molecule has 2 aromatic carbocycles. The highest BCUT2D eigenvalue weighted by molar-refractivity contribution is 14.1. The number of benzene rings is 2. The second kappa shape index (κ2) is 10.9. The Morgan fingerprint density at radius 1 is 1.23 bits per heavy atom. The Hall–Kier alpha value is -2.92. The second-order valence-electron chi connectivity index (χ2n) is 6.21. The molecule has 0 unspecified atom stereocenters. The molecule has 31 heavy (non-hydrogen) atoms. The first-order valence-electron chi connectivity index (χ1n) is 9.19. The van der Waals surface area contributed by atoms with Crippen molar-refractivity contribution in [2.45, 2.75) is 13.5 Å². The van der Waals surface area contributed by atoms with Gasteiger partial charge in [-0.25, -0.2) is 4.98 Å². The zero-order valence-electron chi connectivity index (χ0n) is 16.4. The Bertz CT molecular complexity index is 1080. The Labute approximate surface area is 197 Å². The van der Waals surface area contributed by atoms with Crippen molar-refractivity contribution in [1.29, 1.82) is 0 Å². The standard InChI is InChI=1S/C21H18ClIN4O4/c1-2-30-19-10-15(11-25-26-20-8-7-17(12-24-20)27(28)29)9-18(23)21(19)31-13-14-3-5-16(22)6-4-14/h3-12H,2,13H2,1H3,(H,24,26)/b25-11+. The largest absolute Gasteiger partial charge is 0.490 e. The van der Waals surface area contributed by atoms with Crippen LogP contribution in [-0.2, 0) is 6.61 Å². The van der Waals surface area contributed by atoms with Crippen molar-refractivity contribution in [2.24, 2.45) is 5.10 Å². The minimum Gasteiger partial charge on any atom is -0.490 e. The number of hydrogen-bond donors (Lipinski definition) is 1. The summed E-state index contributed by atoms with van der Waals surface area (Å²) in [6.07, 6.45) is 2.78. The van der Waals surface area contributed by atoms with Crippen LogP contribution in [0.2, 0.25) is 5.02 Å². The third kappa shape index (κ3) is 6.53. The summed E-state index contributed by atoms with van der Waals surface area (Å²) in [5.74, 6) is 1.65. The van der Waals surface area contributed by atoms with E-state index in [1.54, 1.807) is 6.21 Å². The number of halogens is 2. The summed E-state index contributed by atoms with van der Waals surface area (Å²) in [6, 6.07) is 14.0. The predicted molar refractivity (Wildman–Crippen MR) is 128 cm³/mol.